The van der Waals surface area contributed by atoms with Gasteiger partial charge in [-0.1, -0.05) is 6.92 Å². The maximum Gasteiger partial charge on any atom is 0.217 e. The van der Waals surface area contributed by atoms with E-state index in [1.165, 1.54) is 0 Å². The van der Waals surface area contributed by atoms with Gasteiger partial charge in [-0.05, 0) is 53.7 Å². The first-order valence-corrected chi connectivity index (χ1v) is 8.14. The molecule has 0 bridgehead atoms. The monoisotopic (exact) mass is 342 g/mol. The Morgan fingerprint density at radius 2 is 2.25 bits per heavy atom. The first-order chi connectivity index (χ1) is 9.79. The van der Waals surface area contributed by atoms with Gasteiger partial charge in [-0.3, -0.25) is 0 Å². The fourth-order valence-electron chi connectivity index (χ4n) is 2.23. The molecule has 5 heteroatoms. The molecule has 0 aromatic carbocycles. The molecule has 20 heavy (non-hydrogen) atoms. The molecule has 0 unspecified atom stereocenters. The van der Waals surface area contributed by atoms with Crippen molar-refractivity contribution in [3.05, 3.63) is 22.3 Å². The smallest absolute Gasteiger partial charge is 0.217 e. The second kappa shape index (κ2) is 8.60. The van der Waals surface area contributed by atoms with Gasteiger partial charge >= 0.3 is 0 Å². The maximum absolute atomic E-state index is 5.93. The highest BCUT2D eigenvalue weighted by Gasteiger charge is 2.15. The number of ether oxygens (including phenoxy) is 2. The van der Waals surface area contributed by atoms with Crippen LogP contribution in [-0.4, -0.2) is 31.3 Å². The Labute approximate surface area is 129 Å². The Hall–Kier alpha value is -0.650. The van der Waals surface area contributed by atoms with E-state index >= 15 is 0 Å². The van der Waals surface area contributed by atoms with Gasteiger partial charge in [0.2, 0.25) is 5.88 Å². The molecule has 1 saturated heterocycles. The third-order valence-corrected chi connectivity index (χ3v) is 3.86. The first-order valence-electron chi connectivity index (χ1n) is 7.35. The fraction of sp³-hybridized carbons (Fsp3) is 0.667. The summed E-state index contributed by atoms with van der Waals surface area (Å²) in [6.07, 6.45) is 5.09. The molecule has 1 N–H and O–H groups in total. The summed E-state index contributed by atoms with van der Waals surface area (Å²) in [6.45, 7) is 6.40. The number of hydrogen-bond acceptors (Lipinski definition) is 4. The predicted molar refractivity (Wildman–Crippen MR) is 83.0 cm³/mol. The van der Waals surface area contributed by atoms with E-state index in [2.05, 4.69) is 39.2 Å². The van der Waals surface area contributed by atoms with E-state index in [1.54, 1.807) is 6.20 Å². The summed E-state index contributed by atoms with van der Waals surface area (Å²) < 4.78 is 12.3. The highest BCUT2D eigenvalue weighted by atomic mass is 79.9. The lowest BCUT2D eigenvalue weighted by Gasteiger charge is -2.22. The summed E-state index contributed by atoms with van der Waals surface area (Å²) in [5.41, 5.74) is 1.11. The Kier molecular flexibility index (Phi) is 6.76. The van der Waals surface area contributed by atoms with Gasteiger partial charge in [-0.15, -0.1) is 0 Å². The average molecular weight is 343 g/mol. The molecule has 1 aromatic heterocycles. The number of nitrogens with zero attached hydrogens (tertiary/aromatic N) is 1. The largest absolute Gasteiger partial charge is 0.477 e. The van der Waals surface area contributed by atoms with E-state index in [0.717, 1.165) is 68.1 Å². The molecule has 0 amide bonds. The van der Waals surface area contributed by atoms with Crippen LogP contribution in [0.3, 0.4) is 0 Å². The molecule has 112 valence electrons. The van der Waals surface area contributed by atoms with Crippen molar-refractivity contribution in [1.82, 2.24) is 10.3 Å². The third kappa shape index (κ3) is 5.04. The van der Waals surface area contributed by atoms with Gasteiger partial charge in [-0.2, -0.15) is 0 Å². The minimum absolute atomic E-state index is 0.589. The summed E-state index contributed by atoms with van der Waals surface area (Å²) >= 11 is 3.47. The van der Waals surface area contributed by atoms with Crippen LogP contribution < -0.4 is 10.1 Å². The Morgan fingerprint density at radius 3 is 3.00 bits per heavy atom. The van der Waals surface area contributed by atoms with Gasteiger partial charge in [0.05, 0.1) is 6.61 Å². The van der Waals surface area contributed by atoms with E-state index in [-0.39, 0.29) is 0 Å². The lowest BCUT2D eigenvalue weighted by Crippen LogP contribution is -2.22. The van der Waals surface area contributed by atoms with Crippen molar-refractivity contribution in [2.24, 2.45) is 5.92 Å². The second-order valence-corrected chi connectivity index (χ2v) is 6.08. The first kappa shape index (κ1) is 15.7. The van der Waals surface area contributed by atoms with Crippen molar-refractivity contribution < 1.29 is 9.47 Å². The van der Waals surface area contributed by atoms with Crippen molar-refractivity contribution in [2.75, 3.05) is 26.4 Å². The van der Waals surface area contributed by atoms with Gasteiger partial charge in [0, 0.05) is 36.0 Å². The average Bonchev–Trinajstić information content (AvgIpc) is 2.48. The summed E-state index contributed by atoms with van der Waals surface area (Å²) in [4.78, 5) is 4.40. The molecular weight excluding hydrogens is 320 g/mol. The van der Waals surface area contributed by atoms with Gasteiger partial charge in [-0.25, -0.2) is 4.98 Å². The molecule has 0 saturated carbocycles. The SMILES string of the molecule is CCCNCc1cc(Br)cnc1OCC1CCOCC1. The quantitative estimate of drug-likeness (QED) is 0.773. The Balaban J connectivity index is 1.91. The molecule has 1 aromatic rings. The van der Waals surface area contributed by atoms with E-state index < -0.39 is 0 Å². The van der Waals surface area contributed by atoms with E-state index in [4.69, 9.17) is 9.47 Å². The van der Waals surface area contributed by atoms with Crippen LogP contribution in [0.5, 0.6) is 5.88 Å². The maximum atomic E-state index is 5.93. The van der Waals surface area contributed by atoms with Crippen LogP contribution in [0.15, 0.2) is 16.7 Å². The lowest BCUT2D eigenvalue weighted by atomic mass is 10.0. The number of hydrogen-bond donors (Lipinski definition) is 1. The standard InChI is InChI=1S/C15H23BrN2O2/c1-2-5-17-9-13-8-14(16)10-18-15(13)20-11-12-3-6-19-7-4-12/h8,10,12,17H,2-7,9,11H2,1H3. The van der Waals surface area contributed by atoms with Gasteiger partial charge in [0.15, 0.2) is 0 Å². The van der Waals surface area contributed by atoms with E-state index in [9.17, 15) is 0 Å². The number of rotatable bonds is 7. The molecule has 1 aliphatic rings. The fourth-order valence-corrected chi connectivity index (χ4v) is 2.61. The Bertz CT molecular complexity index is 409. The minimum atomic E-state index is 0.589. The summed E-state index contributed by atoms with van der Waals surface area (Å²) in [7, 11) is 0. The molecule has 1 fully saturated rings. The molecule has 0 spiro atoms. The summed E-state index contributed by atoms with van der Waals surface area (Å²) in [5.74, 6) is 1.34. The zero-order valence-corrected chi connectivity index (χ0v) is 13.6. The van der Waals surface area contributed by atoms with Gasteiger partial charge in [0.25, 0.3) is 0 Å². The van der Waals surface area contributed by atoms with E-state index in [0.29, 0.717) is 5.92 Å². The normalized spacial score (nSPS) is 16.3. The zero-order valence-electron chi connectivity index (χ0n) is 12.0. The van der Waals surface area contributed by atoms with Crippen molar-refractivity contribution in [3.63, 3.8) is 0 Å². The predicted octanol–water partition coefficient (Wildman–Crippen LogP) is 3.15. The molecule has 0 aliphatic carbocycles. The van der Waals surface area contributed by atoms with Crippen LogP contribution in [0.25, 0.3) is 0 Å². The molecule has 0 atom stereocenters. The van der Waals surface area contributed by atoms with Crippen LogP contribution in [0.1, 0.15) is 31.7 Å². The van der Waals surface area contributed by atoms with Crippen molar-refractivity contribution >= 4 is 15.9 Å². The molecule has 2 rings (SSSR count). The van der Waals surface area contributed by atoms with Crippen LogP contribution in [0.4, 0.5) is 0 Å². The number of aromatic nitrogens is 1. The minimum Gasteiger partial charge on any atom is -0.477 e. The number of pyridine rings is 1. The summed E-state index contributed by atoms with van der Waals surface area (Å²) in [6, 6.07) is 2.08. The zero-order chi connectivity index (χ0) is 14.2. The highest BCUT2D eigenvalue weighted by molar-refractivity contribution is 9.10. The Morgan fingerprint density at radius 1 is 1.45 bits per heavy atom. The van der Waals surface area contributed by atoms with Crippen molar-refractivity contribution in [3.8, 4) is 5.88 Å². The molecule has 4 nitrogen and oxygen atoms in total. The van der Waals surface area contributed by atoms with Gasteiger partial charge < -0.3 is 14.8 Å². The molecule has 0 radical (unpaired) electrons. The van der Waals surface area contributed by atoms with Crippen LogP contribution in [0.2, 0.25) is 0 Å². The van der Waals surface area contributed by atoms with Crippen LogP contribution in [0, 0.1) is 5.92 Å². The van der Waals surface area contributed by atoms with E-state index in [1.807, 2.05) is 0 Å². The number of nitrogens with one attached hydrogen (secondary N) is 1. The molecule has 2 heterocycles. The highest BCUT2D eigenvalue weighted by Crippen LogP contribution is 2.22. The third-order valence-electron chi connectivity index (χ3n) is 3.43. The van der Waals surface area contributed by atoms with Gasteiger partial charge in [0.1, 0.15) is 0 Å². The molecular formula is C15H23BrN2O2. The van der Waals surface area contributed by atoms with Crippen molar-refractivity contribution in [2.45, 2.75) is 32.7 Å². The lowest BCUT2D eigenvalue weighted by molar-refractivity contribution is 0.0488. The van der Waals surface area contributed by atoms with Crippen LogP contribution in [-0.2, 0) is 11.3 Å². The second-order valence-electron chi connectivity index (χ2n) is 5.16. The molecule has 1 aliphatic heterocycles. The summed E-state index contributed by atoms with van der Waals surface area (Å²) in [5, 5.41) is 3.40. The van der Waals surface area contributed by atoms with Crippen LogP contribution >= 0.6 is 15.9 Å². The number of halogens is 1. The topological polar surface area (TPSA) is 43.4 Å². The van der Waals surface area contributed by atoms with Crippen molar-refractivity contribution in [1.29, 1.82) is 0 Å².